The monoisotopic (exact) mass is 291 g/mol. The van der Waals surface area contributed by atoms with Crippen LogP contribution in [-0.4, -0.2) is 42.6 Å². The van der Waals surface area contributed by atoms with Gasteiger partial charge in [-0.1, -0.05) is 0 Å². The van der Waals surface area contributed by atoms with Gasteiger partial charge in [0, 0.05) is 17.8 Å². The van der Waals surface area contributed by atoms with E-state index in [1.54, 1.807) is 4.52 Å². The van der Waals surface area contributed by atoms with Crippen LogP contribution in [0.25, 0.3) is 5.78 Å². The number of hydrogen-bond acceptors (Lipinski definition) is 5. The number of hydrogen-bond donors (Lipinski definition) is 2. The van der Waals surface area contributed by atoms with Gasteiger partial charge >= 0.3 is 5.97 Å². The Morgan fingerprint density at radius 1 is 1.43 bits per heavy atom. The minimum Gasteiger partial charge on any atom is -0.480 e. The Morgan fingerprint density at radius 2 is 2.14 bits per heavy atom. The van der Waals surface area contributed by atoms with Crippen molar-refractivity contribution in [3.63, 3.8) is 0 Å². The van der Waals surface area contributed by atoms with Crippen molar-refractivity contribution in [1.29, 1.82) is 0 Å². The van der Waals surface area contributed by atoms with Crippen LogP contribution < -0.4 is 5.32 Å². The number of fused-ring (bicyclic) bond motifs is 1. The summed E-state index contributed by atoms with van der Waals surface area (Å²) in [5.41, 5.74) is 2.60. The van der Waals surface area contributed by atoms with Crippen LogP contribution in [0.1, 0.15) is 30.3 Å². The van der Waals surface area contributed by atoms with Crippen LogP contribution in [0, 0.1) is 13.8 Å². The number of carbonyl (C=O) groups is 2. The molecular formula is C13H17N5O3. The summed E-state index contributed by atoms with van der Waals surface area (Å²) in [7, 11) is 0. The number of carboxylic acids is 1. The number of amides is 1. The van der Waals surface area contributed by atoms with E-state index in [0.29, 0.717) is 12.2 Å². The maximum absolute atomic E-state index is 11.7. The predicted octanol–water partition coefficient (Wildman–Crippen LogP) is 0.263. The Kier molecular flexibility index (Phi) is 4.15. The summed E-state index contributed by atoms with van der Waals surface area (Å²) >= 11 is 0. The van der Waals surface area contributed by atoms with Gasteiger partial charge in [-0.05, 0) is 32.8 Å². The molecule has 112 valence electrons. The van der Waals surface area contributed by atoms with Gasteiger partial charge in [-0.3, -0.25) is 9.59 Å². The van der Waals surface area contributed by atoms with E-state index in [4.69, 9.17) is 5.11 Å². The molecule has 2 aromatic heterocycles. The van der Waals surface area contributed by atoms with E-state index in [1.165, 1.54) is 13.3 Å². The summed E-state index contributed by atoms with van der Waals surface area (Å²) in [6.07, 6.45) is 2.10. The van der Waals surface area contributed by atoms with E-state index in [2.05, 4.69) is 20.4 Å². The number of rotatable bonds is 5. The van der Waals surface area contributed by atoms with Gasteiger partial charge in [0.15, 0.2) is 0 Å². The van der Waals surface area contributed by atoms with Gasteiger partial charge < -0.3 is 10.4 Å². The number of aryl methyl sites for hydroxylation is 2. The minimum absolute atomic E-state index is 0.196. The topological polar surface area (TPSA) is 109 Å². The average Bonchev–Trinajstić information content (AvgIpc) is 2.86. The molecule has 0 aliphatic carbocycles. The third-order valence-corrected chi connectivity index (χ3v) is 3.34. The Hall–Kier alpha value is -2.51. The first-order chi connectivity index (χ1) is 9.90. The van der Waals surface area contributed by atoms with Crippen LogP contribution in [0.2, 0.25) is 0 Å². The number of aromatic nitrogens is 4. The molecule has 0 fully saturated rings. The molecule has 8 nitrogen and oxygen atoms in total. The van der Waals surface area contributed by atoms with Crippen molar-refractivity contribution in [1.82, 2.24) is 24.9 Å². The molecule has 1 amide bonds. The second-order valence-corrected chi connectivity index (χ2v) is 4.86. The summed E-state index contributed by atoms with van der Waals surface area (Å²) in [5.74, 6) is -0.832. The standard InChI is InChI=1S/C13H17N5O3/c1-7-10(4-5-11(19)16-8(2)12(20)21)9(3)18-13(17-7)14-6-15-18/h6,8H,4-5H2,1-3H3,(H,16,19)(H,20,21). The first-order valence-corrected chi connectivity index (χ1v) is 6.58. The minimum atomic E-state index is -1.05. The molecule has 0 saturated heterocycles. The number of aliphatic carboxylic acids is 1. The van der Waals surface area contributed by atoms with Gasteiger partial charge in [-0.2, -0.15) is 10.1 Å². The SMILES string of the molecule is Cc1nc2ncnn2c(C)c1CCC(=O)NC(C)C(=O)O. The lowest BCUT2D eigenvalue weighted by Crippen LogP contribution is -2.38. The summed E-state index contributed by atoms with van der Waals surface area (Å²) in [6.45, 7) is 5.18. The Morgan fingerprint density at radius 3 is 2.81 bits per heavy atom. The molecule has 21 heavy (non-hydrogen) atoms. The van der Waals surface area contributed by atoms with E-state index >= 15 is 0 Å². The zero-order chi connectivity index (χ0) is 15.6. The van der Waals surface area contributed by atoms with Crippen LogP contribution in [0.3, 0.4) is 0 Å². The van der Waals surface area contributed by atoms with E-state index in [-0.39, 0.29) is 12.3 Å². The molecule has 1 unspecified atom stereocenters. The summed E-state index contributed by atoms with van der Waals surface area (Å²) in [4.78, 5) is 30.8. The lowest BCUT2D eigenvalue weighted by Gasteiger charge is -2.12. The summed E-state index contributed by atoms with van der Waals surface area (Å²) in [6, 6.07) is -0.893. The molecule has 0 radical (unpaired) electrons. The van der Waals surface area contributed by atoms with Crippen LogP contribution in [-0.2, 0) is 16.0 Å². The molecule has 2 heterocycles. The van der Waals surface area contributed by atoms with Crippen molar-refractivity contribution in [2.24, 2.45) is 0 Å². The van der Waals surface area contributed by atoms with Crippen molar-refractivity contribution in [2.75, 3.05) is 0 Å². The van der Waals surface area contributed by atoms with Gasteiger partial charge in [-0.25, -0.2) is 9.50 Å². The fourth-order valence-electron chi connectivity index (χ4n) is 2.13. The molecule has 0 aromatic carbocycles. The molecule has 0 saturated carbocycles. The van der Waals surface area contributed by atoms with Crippen molar-refractivity contribution in [3.8, 4) is 0 Å². The quantitative estimate of drug-likeness (QED) is 0.818. The number of carbonyl (C=O) groups excluding carboxylic acids is 1. The lowest BCUT2D eigenvalue weighted by atomic mass is 10.1. The first-order valence-electron chi connectivity index (χ1n) is 6.58. The van der Waals surface area contributed by atoms with E-state index in [0.717, 1.165) is 17.0 Å². The fraction of sp³-hybridized carbons (Fsp3) is 0.462. The molecule has 0 aliphatic heterocycles. The van der Waals surface area contributed by atoms with Crippen molar-refractivity contribution >= 4 is 17.7 Å². The van der Waals surface area contributed by atoms with E-state index in [9.17, 15) is 9.59 Å². The highest BCUT2D eigenvalue weighted by molar-refractivity contribution is 5.83. The maximum Gasteiger partial charge on any atom is 0.325 e. The molecule has 2 N–H and O–H groups in total. The third-order valence-electron chi connectivity index (χ3n) is 3.34. The highest BCUT2D eigenvalue weighted by atomic mass is 16.4. The molecule has 0 bridgehead atoms. The molecule has 0 aliphatic rings. The average molecular weight is 291 g/mol. The maximum atomic E-state index is 11.7. The van der Waals surface area contributed by atoms with Crippen molar-refractivity contribution < 1.29 is 14.7 Å². The molecule has 2 aromatic rings. The third kappa shape index (κ3) is 3.15. The van der Waals surface area contributed by atoms with Crippen molar-refractivity contribution in [2.45, 2.75) is 39.7 Å². The second kappa shape index (κ2) is 5.86. The highest BCUT2D eigenvalue weighted by Crippen LogP contribution is 2.14. The highest BCUT2D eigenvalue weighted by Gasteiger charge is 2.16. The van der Waals surface area contributed by atoms with Crippen LogP contribution >= 0.6 is 0 Å². The smallest absolute Gasteiger partial charge is 0.325 e. The molecule has 1 atom stereocenters. The van der Waals surface area contributed by atoms with Gasteiger partial charge in [0.05, 0.1) is 0 Å². The van der Waals surface area contributed by atoms with Gasteiger partial charge in [0.25, 0.3) is 5.78 Å². The van der Waals surface area contributed by atoms with Gasteiger partial charge in [0.2, 0.25) is 5.91 Å². The molecule has 0 spiro atoms. The van der Waals surface area contributed by atoms with Gasteiger partial charge in [-0.15, -0.1) is 0 Å². The largest absolute Gasteiger partial charge is 0.480 e. The Bertz CT molecular complexity index is 694. The zero-order valence-corrected chi connectivity index (χ0v) is 12.1. The van der Waals surface area contributed by atoms with Crippen LogP contribution in [0.4, 0.5) is 0 Å². The second-order valence-electron chi connectivity index (χ2n) is 4.86. The molecule has 8 heteroatoms. The lowest BCUT2D eigenvalue weighted by molar-refractivity contribution is -0.141. The van der Waals surface area contributed by atoms with Crippen LogP contribution in [0.15, 0.2) is 6.33 Å². The molecular weight excluding hydrogens is 274 g/mol. The number of nitrogens with one attached hydrogen (secondary N) is 1. The van der Waals surface area contributed by atoms with Crippen molar-refractivity contribution in [3.05, 3.63) is 23.3 Å². The zero-order valence-electron chi connectivity index (χ0n) is 12.1. The summed E-state index contributed by atoms with van der Waals surface area (Å²) in [5, 5.41) is 15.3. The number of nitrogens with zero attached hydrogens (tertiary/aromatic N) is 4. The van der Waals surface area contributed by atoms with Crippen LogP contribution in [0.5, 0.6) is 0 Å². The number of carboxylic acid groups (broad SMARTS) is 1. The van der Waals surface area contributed by atoms with E-state index < -0.39 is 12.0 Å². The Labute approximate surface area is 121 Å². The predicted molar refractivity (Wildman–Crippen MR) is 73.8 cm³/mol. The Balaban J connectivity index is 2.10. The first kappa shape index (κ1) is 14.9. The molecule has 2 rings (SSSR count). The fourth-order valence-corrected chi connectivity index (χ4v) is 2.13. The van der Waals surface area contributed by atoms with E-state index in [1.807, 2.05) is 13.8 Å². The van der Waals surface area contributed by atoms with Gasteiger partial charge in [0.1, 0.15) is 12.4 Å². The summed E-state index contributed by atoms with van der Waals surface area (Å²) < 4.78 is 1.63. The normalized spacial score (nSPS) is 12.3.